The molecule has 2 amide bonds. The van der Waals surface area contributed by atoms with Crippen molar-refractivity contribution in [1.29, 1.82) is 0 Å². The summed E-state index contributed by atoms with van der Waals surface area (Å²) in [6, 6.07) is 7.47. The fourth-order valence-corrected chi connectivity index (χ4v) is 2.92. The minimum atomic E-state index is -0.202. The second-order valence-corrected chi connectivity index (χ2v) is 6.36. The van der Waals surface area contributed by atoms with Crippen LogP contribution in [-0.2, 0) is 6.54 Å². The van der Waals surface area contributed by atoms with Gasteiger partial charge in [-0.2, -0.15) is 0 Å². The maximum Gasteiger partial charge on any atom is 0.315 e. The largest absolute Gasteiger partial charge is 0.491 e. The second kappa shape index (κ2) is 8.53. The molecule has 0 saturated heterocycles. The maximum absolute atomic E-state index is 12.1. The molecular formula is C17H23N3O2S. The Balaban J connectivity index is 1.91. The quantitative estimate of drug-likeness (QED) is 0.808. The Labute approximate surface area is 141 Å². The Kier molecular flexibility index (Phi) is 6.40. The molecule has 2 rings (SSSR count). The number of benzene rings is 1. The van der Waals surface area contributed by atoms with E-state index in [4.69, 9.17) is 4.74 Å². The van der Waals surface area contributed by atoms with Gasteiger partial charge in [0.25, 0.3) is 0 Å². The van der Waals surface area contributed by atoms with Crippen LogP contribution in [0.2, 0.25) is 0 Å². The average Bonchev–Trinajstić information content (AvgIpc) is 3.05. The Hall–Kier alpha value is -2.08. The molecule has 2 aromatic rings. The number of rotatable bonds is 7. The molecule has 124 valence electrons. The summed E-state index contributed by atoms with van der Waals surface area (Å²) in [7, 11) is 0. The van der Waals surface area contributed by atoms with E-state index in [1.807, 2.05) is 50.4 Å². The van der Waals surface area contributed by atoms with Crippen LogP contribution >= 0.6 is 11.3 Å². The van der Waals surface area contributed by atoms with Crippen molar-refractivity contribution in [3.63, 3.8) is 0 Å². The molecule has 0 aliphatic heterocycles. The number of hydrogen-bond donors (Lipinski definition) is 2. The maximum atomic E-state index is 12.1. The number of ether oxygens (including phenoxy) is 1. The van der Waals surface area contributed by atoms with Crippen molar-refractivity contribution < 1.29 is 9.53 Å². The summed E-state index contributed by atoms with van der Waals surface area (Å²) in [6.45, 7) is 6.41. The van der Waals surface area contributed by atoms with E-state index in [-0.39, 0.29) is 18.2 Å². The Morgan fingerprint density at radius 2 is 2.13 bits per heavy atom. The molecule has 6 heteroatoms. The molecule has 1 atom stereocenters. The number of urea groups is 1. The highest BCUT2D eigenvalue weighted by molar-refractivity contribution is 7.09. The molecule has 0 aliphatic rings. The zero-order valence-corrected chi connectivity index (χ0v) is 14.5. The number of amides is 2. The van der Waals surface area contributed by atoms with Gasteiger partial charge in [0.2, 0.25) is 0 Å². The van der Waals surface area contributed by atoms with Gasteiger partial charge in [-0.25, -0.2) is 9.78 Å². The van der Waals surface area contributed by atoms with Crippen LogP contribution in [0.25, 0.3) is 0 Å². The third-order valence-corrected chi connectivity index (χ3v) is 4.13. The van der Waals surface area contributed by atoms with Gasteiger partial charge >= 0.3 is 6.03 Å². The number of thiazole rings is 1. The normalized spacial score (nSPS) is 12.0. The van der Waals surface area contributed by atoms with Gasteiger partial charge in [-0.05, 0) is 26.3 Å². The van der Waals surface area contributed by atoms with Crippen molar-refractivity contribution in [2.24, 2.45) is 0 Å². The molecule has 0 radical (unpaired) electrons. The van der Waals surface area contributed by atoms with Crippen LogP contribution in [0, 0.1) is 0 Å². The van der Waals surface area contributed by atoms with Crippen molar-refractivity contribution in [1.82, 2.24) is 15.6 Å². The van der Waals surface area contributed by atoms with Crippen molar-refractivity contribution in [2.75, 3.05) is 0 Å². The number of carbonyl (C=O) groups is 1. The zero-order chi connectivity index (χ0) is 16.7. The van der Waals surface area contributed by atoms with Gasteiger partial charge in [0.15, 0.2) is 0 Å². The van der Waals surface area contributed by atoms with E-state index < -0.39 is 0 Å². The average molecular weight is 333 g/mol. The predicted molar refractivity (Wildman–Crippen MR) is 92.7 cm³/mol. The lowest BCUT2D eigenvalue weighted by atomic mass is 10.2. The highest BCUT2D eigenvalue weighted by Gasteiger charge is 2.15. The summed E-state index contributed by atoms with van der Waals surface area (Å²) in [6.07, 6.45) is 2.65. The first-order valence-electron chi connectivity index (χ1n) is 7.78. The second-order valence-electron chi connectivity index (χ2n) is 5.43. The van der Waals surface area contributed by atoms with Crippen LogP contribution < -0.4 is 15.4 Å². The lowest BCUT2D eigenvalue weighted by Crippen LogP contribution is -2.37. The monoisotopic (exact) mass is 333 g/mol. The lowest BCUT2D eigenvalue weighted by molar-refractivity contribution is 0.233. The lowest BCUT2D eigenvalue weighted by Gasteiger charge is -2.17. The van der Waals surface area contributed by atoms with Crippen LogP contribution in [0.5, 0.6) is 5.75 Å². The number of hydrogen-bond acceptors (Lipinski definition) is 4. The van der Waals surface area contributed by atoms with Crippen molar-refractivity contribution in [3.05, 3.63) is 46.4 Å². The van der Waals surface area contributed by atoms with E-state index in [1.165, 1.54) is 0 Å². The molecule has 0 fully saturated rings. The van der Waals surface area contributed by atoms with Crippen molar-refractivity contribution in [2.45, 2.75) is 45.9 Å². The molecule has 0 unspecified atom stereocenters. The van der Waals surface area contributed by atoms with Crippen LogP contribution in [0.1, 0.15) is 43.8 Å². The molecule has 1 aromatic heterocycles. The van der Waals surface area contributed by atoms with Gasteiger partial charge < -0.3 is 15.4 Å². The van der Waals surface area contributed by atoms with Gasteiger partial charge in [0.05, 0.1) is 12.1 Å². The number of aromatic nitrogens is 1. The highest BCUT2D eigenvalue weighted by Crippen LogP contribution is 2.20. The summed E-state index contributed by atoms with van der Waals surface area (Å²) in [5, 5.41) is 8.68. The Morgan fingerprint density at radius 3 is 2.78 bits per heavy atom. The molecule has 1 heterocycles. The summed E-state index contributed by atoms with van der Waals surface area (Å²) >= 11 is 1.55. The fourth-order valence-electron chi connectivity index (χ4n) is 2.15. The van der Waals surface area contributed by atoms with E-state index in [9.17, 15) is 4.79 Å². The summed E-state index contributed by atoms with van der Waals surface area (Å²) in [5.74, 6) is 0.801. The van der Waals surface area contributed by atoms with Crippen LogP contribution in [-0.4, -0.2) is 17.1 Å². The third-order valence-electron chi connectivity index (χ3n) is 3.24. The molecule has 0 bridgehead atoms. The van der Waals surface area contributed by atoms with E-state index >= 15 is 0 Å². The smallest absolute Gasteiger partial charge is 0.315 e. The first-order chi connectivity index (χ1) is 11.1. The molecule has 2 N–H and O–H groups in total. The van der Waals surface area contributed by atoms with Crippen LogP contribution in [0.3, 0.4) is 0 Å². The summed E-state index contributed by atoms with van der Waals surface area (Å²) < 4.78 is 5.76. The molecule has 0 saturated carbocycles. The first-order valence-corrected chi connectivity index (χ1v) is 8.66. The minimum absolute atomic E-state index is 0.0582. The van der Waals surface area contributed by atoms with Crippen molar-refractivity contribution >= 4 is 17.4 Å². The summed E-state index contributed by atoms with van der Waals surface area (Å²) in [4.78, 5) is 16.4. The van der Waals surface area contributed by atoms with Crippen molar-refractivity contribution in [3.8, 4) is 5.75 Å². The van der Waals surface area contributed by atoms with Gasteiger partial charge in [-0.3, -0.25) is 0 Å². The molecule has 5 nitrogen and oxygen atoms in total. The third kappa shape index (κ3) is 5.25. The van der Waals surface area contributed by atoms with E-state index in [2.05, 4.69) is 15.6 Å². The van der Waals surface area contributed by atoms with Gasteiger partial charge in [-0.1, -0.05) is 25.1 Å². The van der Waals surface area contributed by atoms with Gasteiger partial charge in [0.1, 0.15) is 10.8 Å². The standard InChI is InChI=1S/C17H23N3O2S/c1-4-14(16-18-9-10-23-16)20-17(21)19-11-13-7-5-6-8-15(13)22-12(2)3/h5-10,12,14H,4,11H2,1-3H3,(H2,19,20,21)/t14-/m0/s1. The minimum Gasteiger partial charge on any atom is -0.491 e. The van der Waals surface area contributed by atoms with Crippen LogP contribution in [0.15, 0.2) is 35.8 Å². The summed E-state index contributed by atoms with van der Waals surface area (Å²) in [5.41, 5.74) is 0.957. The fraction of sp³-hybridized carbons (Fsp3) is 0.412. The Morgan fingerprint density at radius 1 is 1.35 bits per heavy atom. The topological polar surface area (TPSA) is 63.2 Å². The number of nitrogens with zero attached hydrogens (tertiary/aromatic N) is 1. The molecule has 23 heavy (non-hydrogen) atoms. The van der Waals surface area contributed by atoms with Crippen LogP contribution in [0.4, 0.5) is 4.79 Å². The first kappa shape index (κ1) is 17.3. The SMILES string of the molecule is CC[C@H](NC(=O)NCc1ccccc1OC(C)C)c1nccs1. The van der Waals surface area contributed by atoms with E-state index in [0.29, 0.717) is 6.54 Å². The van der Waals surface area contributed by atoms with E-state index in [1.54, 1.807) is 17.5 Å². The molecule has 0 spiro atoms. The molecular weight excluding hydrogens is 310 g/mol. The van der Waals surface area contributed by atoms with Gasteiger partial charge in [0, 0.05) is 23.7 Å². The predicted octanol–water partition coefficient (Wildman–Crippen LogP) is 3.88. The highest BCUT2D eigenvalue weighted by atomic mass is 32.1. The zero-order valence-electron chi connectivity index (χ0n) is 13.7. The molecule has 0 aliphatic carbocycles. The Bertz CT molecular complexity index is 614. The number of carbonyl (C=O) groups excluding carboxylic acids is 1. The van der Waals surface area contributed by atoms with Gasteiger partial charge in [-0.15, -0.1) is 11.3 Å². The molecule has 1 aromatic carbocycles. The van der Waals surface area contributed by atoms with E-state index in [0.717, 1.165) is 22.7 Å². The number of nitrogens with one attached hydrogen (secondary N) is 2. The number of para-hydroxylation sites is 1.